The smallest absolute Gasteiger partial charge is 0.271 e. The van der Waals surface area contributed by atoms with Crippen LogP contribution in [0.4, 0.5) is 5.69 Å². The molecule has 0 unspecified atom stereocenters. The lowest BCUT2D eigenvalue weighted by Gasteiger charge is -1.97. The first-order valence-corrected chi connectivity index (χ1v) is 5.87. The van der Waals surface area contributed by atoms with E-state index in [1.54, 1.807) is 6.07 Å². The van der Waals surface area contributed by atoms with Gasteiger partial charge in [0.2, 0.25) is 0 Å². The van der Waals surface area contributed by atoms with Crippen LogP contribution in [0.15, 0.2) is 27.2 Å². The third-order valence-electron chi connectivity index (χ3n) is 2.18. The van der Waals surface area contributed by atoms with Crippen LogP contribution in [-0.4, -0.2) is 21.6 Å². The van der Waals surface area contributed by atoms with E-state index >= 15 is 0 Å². The third kappa shape index (κ3) is 2.71. The van der Waals surface area contributed by atoms with Crippen molar-refractivity contribution < 1.29 is 9.45 Å². The second kappa shape index (κ2) is 5.23. The molecule has 18 heavy (non-hydrogen) atoms. The van der Waals surface area contributed by atoms with Crippen LogP contribution < -0.4 is 5.73 Å². The second-order valence-electron chi connectivity index (χ2n) is 3.51. The van der Waals surface area contributed by atoms with Gasteiger partial charge in [-0.3, -0.25) is 10.1 Å². The zero-order valence-corrected chi connectivity index (χ0v) is 10.8. The lowest BCUT2D eigenvalue weighted by Crippen LogP contribution is -2.03. The number of nitrogens with zero attached hydrogens (tertiary/aromatic N) is 3. The predicted molar refractivity (Wildman–Crippen MR) is 66.8 cm³/mol. The minimum absolute atomic E-state index is 0.0436. The van der Waals surface area contributed by atoms with Crippen LogP contribution in [0.5, 0.6) is 0 Å². The molecule has 0 fully saturated rings. The maximum absolute atomic E-state index is 10.7. The molecule has 0 bridgehead atoms. The van der Waals surface area contributed by atoms with E-state index in [0.717, 1.165) is 0 Å². The van der Waals surface area contributed by atoms with Crippen LogP contribution in [0.1, 0.15) is 5.82 Å². The maximum Gasteiger partial charge on any atom is 0.271 e. The van der Waals surface area contributed by atoms with Gasteiger partial charge < -0.3 is 10.3 Å². The van der Waals surface area contributed by atoms with Crippen molar-refractivity contribution in [3.63, 3.8) is 0 Å². The number of hydrogen-bond donors (Lipinski definition) is 1. The number of nitro groups is 1. The number of non-ortho nitro benzene ring substituents is 1. The summed E-state index contributed by atoms with van der Waals surface area (Å²) in [4.78, 5) is 14.4. The molecular formula is C10H9BrN4O3. The molecule has 0 saturated heterocycles. The molecule has 1 aromatic carbocycles. The van der Waals surface area contributed by atoms with Crippen LogP contribution in [0.3, 0.4) is 0 Å². The van der Waals surface area contributed by atoms with Gasteiger partial charge in [0, 0.05) is 28.6 Å². The molecular weight excluding hydrogens is 304 g/mol. The Hall–Kier alpha value is -1.80. The van der Waals surface area contributed by atoms with Crippen molar-refractivity contribution in [2.24, 2.45) is 5.73 Å². The monoisotopic (exact) mass is 312 g/mol. The first kappa shape index (κ1) is 12.7. The fourth-order valence-electron chi connectivity index (χ4n) is 1.40. The minimum Gasteiger partial charge on any atom is -0.334 e. The van der Waals surface area contributed by atoms with E-state index in [0.29, 0.717) is 28.8 Å². The van der Waals surface area contributed by atoms with Crippen molar-refractivity contribution >= 4 is 21.6 Å². The molecule has 0 aliphatic heterocycles. The SMILES string of the molecule is NCCc1noc(-c2cc(Br)cc([N+](=O)[O-])c2)n1. The molecule has 1 aromatic heterocycles. The maximum atomic E-state index is 10.7. The number of benzene rings is 1. The Morgan fingerprint density at radius 3 is 2.89 bits per heavy atom. The van der Waals surface area contributed by atoms with Gasteiger partial charge in [-0.15, -0.1) is 0 Å². The minimum atomic E-state index is -0.481. The molecule has 0 atom stereocenters. The van der Waals surface area contributed by atoms with Gasteiger partial charge in [0.15, 0.2) is 5.82 Å². The van der Waals surface area contributed by atoms with Crippen molar-refractivity contribution in [1.82, 2.24) is 10.1 Å². The van der Waals surface area contributed by atoms with Crippen molar-refractivity contribution in [1.29, 1.82) is 0 Å². The summed E-state index contributed by atoms with van der Waals surface area (Å²) >= 11 is 3.20. The van der Waals surface area contributed by atoms with Crippen LogP contribution >= 0.6 is 15.9 Å². The number of nitrogens with two attached hydrogens (primary N) is 1. The topological polar surface area (TPSA) is 108 Å². The first-order valence-electron chi connectivity index (χ1n) is 5.08. The van der Waals surface area contributed by atoms with Gasteiger partial charge in [-0.25, -0.2) is 0 Å². The van der Waals surface area contributed by atoms with Crippen molar-refractivity contribution in [2.45, 2.75) is 6.42 Å². The Balaban J connectivity index is 2.39. The normalized spacial score (nSPS) is 10.6. The lowest BCUT2D eigenvalue weighted by molar-refractivity contribution is -0.384. The van der Waals surface area contributed by atoms with Gasteiger partial charge in [0.25, 0.3) is 11.6 Å². The van der Waals surface area contributed by atoms with E-state index in [1.165, 1.54) is 12.1 Å². The summed E-state index contributed by atoms with van der Waals surface area (Å²) in [7, 11) is 0. The van der Waals surface area contributed by atoms with Gasteiger partial charge in [-0.2, -0.15) is 4.98 Å². The second-order valence-corrected chi connectivity index (χ2v) is 4.43. The van der Waals surface area contributed by atoms with Crippen LogP contribution in [0.2, 0.25) is 0 Å². The number of hydrogen-bond acceptors (Lipinski definition) is 6. The van der Waals surface area contributed by atoms with Gasteiger partial charge in [0.05, 0.1) is 4.92 Å². The molecule has 2 N–H and O–H groups in total. The van der Waals surface area contributed by atoms with E-state index in [2.05, 4.69) is 26.1 Å². The van der Waals surface area contributed by atoms with E-state index in [4.69, 9.17) is 10.3 Å². The molecule has 0 aliphatic carbocycles. The molecule has 7 nitrogen and oxygen atoms in total. The Morgan fingerprint density at radius 2 is 2.22 bits per heavy atom. The molecule has 1 heterocycles. The van der Waals surface area contributed by atoms with Gasteiger partial charge >= 0.3 is 0 Å². The largest absolute Gasteiger partial charge is 0.334 e. The van der Waals surface area contributed by atoms with Crippen LogP contribution in [-0.2, 0) is 6.42 Å². The molecule has 2 aromatic rings. The average Bonchev–Trinajstić information content (AvgIpc) is 2.77. The van der Waals surface area contributed by atoms with Gasteiger partial charge in [0.1, 0.15) is 0 Å². The molecule has 8 heteroatoms. The summed E-state index contributed by atoms with van der Waals surface area (Å²) in [6.07, 6.45) is 0.500. The zero-order valence-electron chi connectivity index (χ0n) is 9.17. The van der Waals surface area contributed by atoms with Crippen molar-refractivity contribution in [3.8, 4) is 11.5 Å². The van der Waals surface area contributed by atoms with Crippen LogP contribution in [0.25, 0.3) is 11.5 Å². The fourth-order valence-corrected chi connectivity index (χ4v) is 1.89. The summed E-state index contributed by atoms with van der Waals surface area (Å²) < 4.78 is 5.61. The summed E-state index contributed by atoms with van der Waals surface area (Å²) in [5.41, 5.74) is 5.83. The zero-order chi connectivity index (χ0) is 13.1. The fraction of sp³-hybridized carbons (Fsp3) is 0.200. The molecule has 2 rings (SSSR count). The number of rotatable bonds is 4. The standard InChI is InChI=1S/C10H9BrN4O3/c11-7-3-6(4-8(5-7)15(16)17)10-13-9(1-2-12)14-18-10/h3-5H,1-2,12H2. The van der Waals surface area contributed by atoms with Crippen molar-refractivity contribution in [2.75, 3.05) is 6.54 Å². The highest BCUT2D eigenvalue weighted by atomic mass is 79.9. The third-order valence-corrected chi connectivity index (χ3v) is 2.63. The first-order chi connectivity index (χ1) is 8.60. The highest BCUT2D eigenvalue weighted by Gasteiger charge is 2.14. The average molecular weight is 313 g/mol. The number of halogens is 1. The Kier molecular flexibility index (Phi) is 3.68. The van der Waals surface area contributed by atoms with E-state index in [1.807, 2.05) is 0 Å². The highest BCUT2D eigenvalue weighted by molar-refractivity contribution is 9.10. The summed E-state index contributed by atoms with van der Waals surface area (Å²) in [6, 6.07) is 4.46. The van der Waals surface area contributed by atoms with Crippen molar-refractivity contribution in [3.05, 3.63) is 38.6 Å². The summed E-state index contributed by atoms with van der Waals surface area (Å²) in [5, 5.41) is 14.5. The summed E-state index contributed by atoms with van der Waals surface area (Å²) in [5.74, 6) is 0.720. The molecule has 0 radical (unpaired) electrons. The molecule has 0 amide bonds. The predicted octanol–water partition coefficient (Wildman–Crippen LogP) is 1.91. The Bertz CT molecular complexity index is 584. The van der Waals surface area contributed by atoms with E-state index < -0.39 is 4.92 Å². The van der Waals surface area contributed by atoms with Crippen LogP contribution in [0, 0.1) is 10.1 Å². The molecule has 0 aliphatic rings. The number of nitro benzene ring substituents is 1. The summed E-state index contributed by atoms with van der Waals surface area (Å²) in [6.45, 7) is 0.414. The lowest BCUT2D eigenvalue weighted by atomic mass is 10.2. The highest BCUT2D eigenvalue weighted by Crippen LogP contribution is 2.27. The van der Waals surface area contributed by atoms with Gasteiger partial charge in [-0.05, 0) is 12.6 Å². The van der Waals surface area contributed by atoms with E-state index in [-0.39, 0.29) is 11.6 Å². The van der Waals surface area contributed by atoms with Gasteiger partial charge in [-0.1, -0.05) is 21.1 Å². The molecule has 0 saturated carbocycles. The molecule has 94 valence electrons. The molecule has 0 spiro atoms. The Labute approximate surface area is 110 Å². The quantitative estimate of drug-likeness (QED) is 0.682. The number of aromatic nitrogens is 2. The van der Waals surface area contributed by atoms with E-state index in [9.17, 15) is 10.1 Å². The Morgan fingerprint density at radius 1 is 1.44 bits per heavy atom.